The second-order valence-corrected chi connectivity index (χ2v) is 7.05. The zero-order valence-corrected chi connectivity index (χ0v) is 15.9. The van der Waals surface area contributed by atoms with Crippen LogP contribution in [0.15, 0.2) is 72.8 Å². The molecule has 0 saturated heterocycles. The Labute approximate surface area is 166 Å². The van der Waals surface area contributed by atoms with Crippen LogP contribution in [0.25, 0.3) is 12.2 Å². The van der Waals surface area contributed by atoms with Crippen LogP contribution in [0, 0.1) is 0 Å². The van der Waals surface area contributed by atoms with Crippen LogP contribution in [0.5, 0.6) is 0 Å². The molecular weight excluding hydrogens is 348 g/mol. The predicted octanol–water partition coefficient (Wildman–Crippen LogP) is 3.96. The molecule has 0 heterocycles. The van der Waals surface area contributed by atoms with Gasteiger partial charge in [-0.05, 0) is 49.0 Å². The molecule has 0 aliphatic heterocycles. The number of nitrogens with one attached hydrogen (secondary N) is 2. The summed E-state index contributed by atoms with van der Waals surface area (Å²) in [6, 6.07) is 19.9. The average Bonchev–Trinajstić information content (AvgIpc) is 2.74. The Morgan fingerprint density at radius 2 is 1.00 bits per heavy atom. The molecule has 28 heavy (non-hydrogen) atoms. The van der Waals surface area contributed by atoms with Gasteiger partial charge in [0, 0.05) is 24.2 Å². The SMILES string of the molecule is O=C(/C=C/c1ccccc1)NC1CCC(NC(=O)/C=C/c2ccccc2)CC1. The maximum atomic E-state index is 12.1. The van der Waals surface area contributed by atoms with Crippen molar-refractivity contribution in [2.45, 2.75) is 37.8 Å². The van der Waals surface area contributed by atoms with Gasteiger partial charge in [-0.2, -0.15) is 0 Å². The molecule has 144 valence electrons. The third-order valence-electron chi connectivity index (χ3n) is 4.87. The molecule has 0 bridgehead atoms. The van der Waals surface area contributed by atoms with Crippen molar-refractivity contribution in [2.75, 3.05) is 0 Å². The summed E-state index contributed by atoms with van der Waals surface area (Å²) in [6.45, 7) is 0. The highest BCUT2D eigenvalue weighted by Crippen LogP contribution is 2.19. The van der Waals surface area contributed by atoms with Crippen molar-refractivity contribution in [1.29, 1.82) is 0 Å². The molecule has 0 spiro atoms. The number of carbonyl (C=O) groups is 2. The molecule has 2 aromatic rings. The fraction of sp³-hybridized carbons (Fsp3) is 0.250. The van der Waals surface area contributed by atoms with Crippen molar-refractivity contribution in [2.24, 2.45) is 0 Å². The normalized spacial score (nSPS) is 19.6. The summed E-state index contributed by atoms with van der Waals surface area (Å²) in [5, 5.41) is 6.11. The summed E-state index contributed by atoms with van der Waals surface area (Å²) in [6.07, 6.45) is 10.3. The van der Waals surface area contributed by atoms with E-state index in [0.717, 1.165) is 36.8 Å². The van der Waals surface area contributed by atoms with Crippen LogP contribution in [0.3, 0.4) is 0 Å². The maximum Gasteiger partial charge on any atom is 0.244 e. The maximum absolute atomic E-state index is 12.1. The van der Waals surface area contributed by atoms with Gasteiger partial charge in [0.25, 0.3) is 0 Å². The summed E-state index contributed by atoms with van der Waals surface area (Å²) >= 11 is 0. The number of hydrogen-bond acceptors (Lipinski definition) is 2. The molecule has 2 aromatic carbocycles. The third kappa shape index (κ3) is 6.54. The van der Waals surface area contributed by atoms with E-state index in [1.807, 2.05) is 72.8 Å². The van der Waals surface area contributed by atoms with Crippen LogP contribution < -0.4 is 10.6 Å². The number of amides is 2. The van der Waals surface area contributed by atoms with Crippen LogP contribution in [0.1, 0.15) is 36.8 Å². The van der Waals surface area contributed by atoms with Crippen LogP contribution in [-0.4, -0.2) is 23.9 Å². The van der Waals surface area contributed by atoms with E-state index in [1.54, 1.807) is 12.2 Å². The Morgan fingerprint density at radius 1 is 0.643 bits per heavy atom. The summed E-state index contributed by atoms with van der Waals surface area (Å²) in [7, 11) is 0. The van der Waals surface area contributed by atoms with Gasteiger partial charge in [-0.1, -0.05) is 60.7 Å². The number of carbonyl (C=O) groups excluding carboxylic acids is 2. The monoisotopic (exact) mass is 374 g/mol. The summed E-state index contributed by atoms with van der Waals surface area (Å²) in [5.41, 5.74) is 2.01. The van der Waals surface area contributed by atoms with Crippen molar-refractivity contribution in [3.05, 3.63) is 83.9 Å². The Hall–Kier alpha value is -3.14. The number of benzene rings is 2. The van der Waals surface area contributed by atoms with Crippen LogP contribution >= 0.6 is 0 Å². The zero-order chi connectivity index (χ0) is 19.6. The molecule has 4 heteroatoms. The molecule has 0 unspecified atom stereocenters. The third-order valence-corrected chi connectivity index (χ3v) is 4.87. The lowest BCUT2D eigenvalue weighted by atomic mass is 9.91. The highest BCUT2D eigenvalue weighted by Gasteiger charge is 2.22. The molecule has 1 fully saturated rings. The Balaban J connectivity index is 1.38. The molecule has 2 amide bonds. The second kappa shape index (κ2) is 10.3. The minimum absolute atomic E-state index is 0.0675. The molecule has 1 saturated carbocycles. The van der Waals surface area contributed by atoms with E-state index in [1.165, 1.54) is 0 Å². The minimum atomic E-state index is -0.0675. The predicted molar refractivity (Wildman–Crippen MR) is 113 cm³/mol. The zero-order valence-electron chi connectivity index (χ0n) is 15.9. The molecule has 2 N–H and O–H groups in total. The van der Waals surface area contributed by atoms with E-state index in [4.69, 9.17) is 0 Å². The fourth-order valence-electron chi connectivity index (χ4n) is 3.35. The first-order valence-corrected chi connectivity index (χ1v) is 9.76. The molecule has 1 aliphatic carbocycles. The van der Waals surface area contributed by atoms with Crippen molar-refractivity contribution in [3.63, 3.8) is 0 Å². The standard InChI is InChI=1S/C24H26N2O2/c27-23(17-11-19-7-3-1-4-8-19)25-21-13-15-22(16-14-21)26-24(28)18-12-20-9-5-2-6-10-20/h1-12,17-18,21-22H,13-16H2,(H,25,27)(H,26,28)/b17-11+,18-12+. The van der Waals surface area contributed by atoms with Crippen molar-refractivity contribution in [3.8, 4) is 0 Å². The Bertz CT molecular complexity index is 749. The highest BCUT2D eigenvalue weighted by molar-refractivity contribution is 5.92. The first-order valence-electron chi connectivity index (χ1n) is 9.76. The summed E-state index contributed by atoms with van der Waals surface area (Å²) < 4.78 is 0. The topological polar surface area (TPSA) is 58.2 Å². The van der Waals surface area contributed by atoms with Crippen molar-refractivity contribution < 1.29 is 9.59 Å². The van der Waals surface area contributed by atoms with Gasteiger partial charge in [-0.25, -0.2) is 0 Å². The molecule has 4 nitrogen and oxygen atoms in total. The lowest BCUT2D eigenvalue weighted by molar-refractivity contribution is -0.118. The summed E-state index contributed by atoms with van der Waals surface area (Å²) in [5.74, 6) is -0.135. The van der Waals surface area contributed by atoms with Gasteiger partial charge in [0.05, 0.1) is 0 Å². The first-order chi connectivity index (χ1) is 13.7. The average molecular weight is 374 g/mol. The Kier molecular flexibility index (Phi) is 7.19. The molecule has 1 aliphatic rings. The van der Waals surface area contributed by atoms with E-state index >= 15 is 0 Å². The second-order valence-electron chi connectivity index (χ2n) is 7.05. The van der Waals surface area contributed by atoms with Gasteiger partial charge in [0.1, 0.15) is 0 Å². The molecule has 0 atom stereocenters. The van der Waals surface area contributed by atoms with E-state index in [2.05, 4.69) is 10.6 Å². The van der Waals surface area contributed by atoms with Crippen molar-refractivity contribution >= 4 is 24.0 Å². The quantitative estimate of drug-likeness (QED) is 0.752. The first kappa shape index (κ1) is 19.6. The molecule has 3 rings (SSSR count). The number of rotatable bonds is 6. The fourth-order valence-corrected chi connectivity index (χ4v) is 3.35. The minimum Gasteiger partial charge on any atom is -0.350 e. The summed E-state index contributed by atoms with van der Waals surface area (Å²) in [4.78, 5) is 24.2. The highest BCUT2D eigenvalue weighted by atomic mass is 16.2. The van der Waals surface area contributed by atoms with Crippen LogP contribution in [0.4, 0.5) is 0 Å². The van der Waals surface area contributed by atoms with Crippen LogP contribution in [0.2, 0.25) is 0 Å². The number of hydrogen-bond donors (Lipinski definition) is 2. The lowest BCUT2D eigenvalue weighted by Gasteiger charge is -2.29. The Morgan fingerprint density at radius 3 is 1.36 bits per heavy atom. The van der Waals surface area contributed by atoms with Crippen LogP contribution in [-0.2, 0) is 9.59 Å². The van der Waals surface area contributed by atoms with E-state index < -0.39 is 0 Å². The smallest absolute Gasteiger partial charge is 0.244 e. The largest absolute Gasteiger partial charge is 0.350 e. The molecule has 0 radical (unpaired) electrons. The molecule has 0 aromatic heterocycles. The van der Waals surface area contributed by atoms with Gasteiger partial charge >= 0.3 is 0 Å². The molecular formula is C24H26N2O2. The lowest BCUT2D eigenvalue weighted by Crippen LogP contribution is -2.43. The van der Waals surface area contributed by atoms with E-state index in [0.29, 0.717) is 0 Å². The van der Waals surface area contributed by atoms with Crippen molar-refractivity contribution in [1.82, 2.24) is 10.6 Å². The van der Waals surface area contributed by atoms with E-state index in [-0.39, 0.29) is 23.9 Å². The van der Waals surface area contributed by atoms with Gasteiger partial charge in [0.15, 0.2) is 0 Å². The van der Waals surface area contributed by atoms with Gasteiger partial charge < -0.3 is 10.6 Å². The van der Waals surface area contributed by atoms with E-state index in [9.17, 15) is 9.59 Å². The van der Waals surface area contributed by atoms with Gasteiger partial charge in [-0.15, -0.1) is 0 Å². The van der Waals surface area contributed by atoms with Gasteiger partial charge in [-0.3, -0.25) is 9.59 Å². The van der Waals surface area contributed by atoms with Gasteiger partial charge in [0.2, 0.25) is 11.8 Å².